The van der Waals surface area contributed by atoms with E-state index in [1.165, 1.54) is 5.69 Å². The third-order valence-electron chi connectivity index (χ3n) is 4.97. The summed E-state index contributed by atoms with van der Waals surface area (Å²) in [6.07, 6.45) is 1.68. The fourth-order valence-electron chi connectivity index (χ4n) is 3.27. The Morgan fingerprint density at radius 3 is 2.15 bits per heavy atom. The van der Waals surface area contributed by atoms with Gasteiger partial charge < -0.3 is 15.1 Å². The molecule has 0 atom stereocenters. The largest absolute Gasteiger partial charge is 0.372 e. The van der Waals surface area contributed by atoms with Crippen LogP contribution >= 0.6 is 0 Å². The number of nitrogens with one attached hydrogen (secondary N) is 1. The number of aryl methyl sites for hydroxylation is 1. The average molecular weight is 362 g/mol. The molecule has 0 aliphatic heterocycles. The van der Waals surface area contributed by atoms with Crippen LogP contribution in [0.15, 0.2) is 18.2 Å². The van der Waals surface area contributed by atoms with Crippen molar-refractivity contribution in [1.82, 2.24) is 5.32 Å². The van der Waals surface area contributed by atoms with Crippen LogP contribution in [0.5, 0.6) is 0 Å². The van der Waals surface area contributed by atoms with E-state index in [4.69, 9.17) is 0 Å². The number of nitrogens with zero attached hydrogens (tertiary/aromatic N) is 2. The summed E-state index contributed by atoms with van der Waals surface area (Å²) >= 11 is 0. The Balaban J connectivity index is 2.84. The van der Waals surface area contributed by atoms with E-state index in [0.717, 1.165) is 37.2 Å². The van der Waals surface area contributed by atoms with Crippen LogP contribution in [0.3, 0.4) is 0 Å². The summed E-state index contributed by atoms with van der Waals surface area (Å²) in [5, 5.41) is 2.97. The maximum absolute atomic E-state index is 12.2. The van der Waals surface area contributed by atoms with E-state index < -0.39 is 0 Å². The molecule has 0 bridgehead atoms. The van der Waals surface area contributed by atoms with Gasteiger partial charge in [-0.2, -0.15) is 0 Å². The van der Waals surface area contributed by atoms with Gasteiger partial charge >= 0.3 is 0 Å². The molecule has 0 saturated heterocycles. The molecule has 0 heterocycles. The molecule has 2 amide bonds. The van der Waals surface area contributed by atoms with E-state index in [2.05, 4.69) is 36.2 Å². The standard InChI is InChI=1S/C21H35N3O2/c1-7-18(8-2)21(26)22-13-14-24(17(6)25)20-12-11-19(15-16(20)5)23(9-3)10-4/h11-12,15,18H,7-10,13-14H2,1-6H3,(H,22,26). The monoisotopic (exact) mass is 361 g/mol. The van der Waals surface area contributed by atoms with Gasteiger partial charge in [-0.25, -0.2) is 0 Å². The van der Waals surface area contributed by atoms with Gasteiger partial charge in [0.1, 0.15) is 0 Å². The highest BCUT2D eigenvalue weighted by atomic mass is 16.2. The van der Waals surface area contributed by atoms with Gasteiger partial charge in [-0.1, -0.05) is 13.8 Å². The summed E-state index contributed by atoms with van der Waals surface area (Å²) < 4.78 is 0. The summed E-state index contributed by atoms with van der Waals surface area (Å²) in [7, 11) is 0. The highest BCUT2D eigenvalue weighted by Gasteiger charge is 2.17. The minimum Gasteiger partial charge on any atom is -0.372 e. The van der Waals surface area contributed by atoms with E-state index in [1.807, 2.05) is 26.8 Å². The van der Waals surface area contributed by atoms with Crippen molar-refractivity contribution >= 4 is 23.2 Å². The Hall–Kier alpha value is -2.04. The normalized spacial score (nSPS) is 10.7. The third-order valence-corrected chi connectivity index (χ3v) is 4.97. The highest BCUT2D eigenvalue weighted by molar-refractivity contribution is 5.92. The first-order chi connectivity index (χ1) is 12.4. The van der Waals surface area contributed by atoms with Gasteiger partial charge in [-0.05, 0) is 57.4 Å². The third kappa shape index (κ3) is 5.75. The van der Waals surface area contributed by atoms with Crippen LogP contribution in [-0.4, -0.2) is 38.0 Å². The molecule has 0 fully saturated rings. The number of rotatable bonds is 10. The molecule has 0 aliphatic rings. The summed E-state index contributed by atoms with van der Waals surface area (Å²) in [5.41, 5.74) is 3.14. The zero-order chi connectivity index (χ0) is 19.7. The topological polar surface area (TPSA) is 52.7 Å². The van der Waals surface area contributed by atoms with Crippen molar-refractivity contribution in [2.45, 2.75) is 54.4 Å². The fraction of sp³-hybridized carbons (Fsp3) is 0.619. The minimum absolute atomic E-state index is 0.0135. The van der Waals surface area contributed by atoms with Crippen molar-refractivity contribution in [3.05, 3.63) is 23.8 Å². The maximum Gasteiger partial charge on any atom is 0.223 e. The predicted molar refractivity (Wildman–Crippen MR) is 110 cm³/mol. The molecule has 5 nitrogen and oxygen atoms in total. The molecule has 146 valence electrons. The molecule has 0 spiro atoms. The van der Waals surface area contributed by atoms with Crippen LogP contribution in [-0.2, 0) is 9.59 Å². The fourth-order valence-corrected chi connectivity index (χ4v) is 3.27. The second kappa shape index (κ2) is 10.8. The molecule has 26 heavy (non-hydrogen) atoms. The van der Waals surface area contributed by atoms with Gasteiger partial charge in [0.25, 0.3) is 0 Å². The van der Waals surface area contributed by atoms with E-state index in [0.29, 0.717) is 13.1 Å². The lowest BCUT2D eigenvalue weighted by atomic mass is 10.0. The average Bonchev–Trinajstić information content (AvgIpc) is 2.61. The maximum atomic E-state index is 12.2. The number of anilines is 2. The Morgan fingerprint density at radius 2 is 1.69 bits per heavy atom. The van der Waals surface area contributed by atoms with Crippen LogP contribution in [0.1, 0.15) is 53.0 Å². The molecule has 5 heteroatoms. The lowest BCUT2D eigenvalue weighted by Gasteiger charge is -2.26. The van der Waals surface area contributed by atoms with Gasteiger partial charge in [0.15, 0.2) is 0 Å². The van der Waals surface area contributed by atoms with Gasteiger partial charge in [-0.3, -0.25) is 9.59 Å². The summed E-state index contributed by atoms with van der Waals surface area (Å²) in [6, 6.07) is 6.20. The summed E-state index contributed by atoms with van der Waals surface area (Å²) in [4.78, 5) is 28.3. The van der Waals surface area contributed by atoms with Gasteiger partial charge in [-0.15, -0.1) is 0 Å². The van der Waals surface area contributed by atoms with Crippen LogP contribution < -0.4 is 15.1 Å². The quantitative estimate of drug-likeness (QED) is 0.690. The van der Waals surface area contributed by atoms with Crippen molar-refractivity contribution in [2.75, 3.05) is 36.0 Å². The molecule has 1 aromatic carbocycles. The van der Waals surface area contributed by atoms with Gasteiger partial charge in [0.05, 0.1) is 0 Å². The first kappa shape index (κ1) is 22.0. The molecule has 0 aromatic heterocycles. The highest BCUT2D eigenvalue weighted by Crippen LogP contribution is 2.26. The van der Waals surface area contributed by atoms with Crippen LogP contribution in [0, 0.1) is 12.8 Å². The Bertz CT molecular complexity index is 593. The minimum atomic E-state index is -0.0135. The van der Waals surface area contributed by atoms with Crippen molar-refractivity contribution in [3.8, 4) is 0 Å². The first-order valence-corrected chi connectivity index (χ1v) is 9.80. The smallest absolute Gasteiger partial charge is 0.223 e. The van der Waals surface area contributed by atoms with E-state index in [-0.39, 0.29) is 17.7 Å². The molecule has 0 saturated carbocycles. The lowest BCUT2D eigenvalue weighted by Crippen LogP contribution is -2.39. The molecular weight excluding hydrogens is 326 g/mol. The molecule has 0 unspecified atom stereocenters. The Labute approximate surface area is 158 Å². The van der Waals surface area contributed by atoms with Crippen LogP contribution in [0.25, 0.3) is 0 Å². The molecule has 1 rings (SSSR count). The Kier molecular flexibility index (Phi) is 9.17. The first-order valence-electron chi connectivity index (χ1n) is 9.80. The van der Waals surface area contributed by atoms with Crippen molar-refractivity contribution in [2.24, 2.45) is 5.92 Å². The summed E-state index contributed by atoms with van der Waals surface area (Å²) in [5.74, 6) is 0.114. The lowest BCUT2D eigenvalue weighted by molar-refractivity contribution is -0.125. The van der Waals surface area contributed by atoms with Crippen LogP contribution in [0.2, 0.25) is 0 Å². The second-order valence-corrected chi connectivity index (χ2v) is 6.62. The van der Waals surface area contributed by atoms with E-state index >= 15 is 0 Å². The van der Waals surface area contributed by atoms with E-state index in [1.54, 1.807) is 11.8 Å². The van der Waals surface area contributed by atoms with Gasteiger partial charge in [0, 0.05) is 50.4 Å². The molecule has 1 aromatic rings. The second-order valence-electron chi connectivity index (χ2n) is 6.62. The number of hydrogen-bond donors (Lipinski definition) is 1. The zero-order valence-electron chi connectivity index (χ0n) is 17.3. The number of carbonyl (C=O) groups is 2. The number of amides is 2. The molecular formula is C21H35N3O2. The van der Waals surface area contributed by atoms with Crippen molar-refractivity contribution in [3.63, 3.8) is 0 Å². The Morgan fingerprint density at radius 1 is 1.08 bits per heavy atom. The number of carbonyl (C=O) groups excluding carboxylic acids is 2. The molecule has 0 aliphatic carbocycles. The zero-order valence-corrected chi connectivity index (χ0v) is 17.3. The predicted octanol–water partition coefficient (Wildman–Crippen LogP) is 3.75. The van der Waals surface area contributed by atoms with Crippen molar-refractivity contribution < 1.29 is 9.59 Å². The van der Waals surface area contributed by atoms with Gasteiger partial charge in [0.2, 0.25) is 11.8 Å². The van der Waals surface area contributed by atoms with Crippen LogP contribution in [0.4, 0.5) is 11.4 Å². The molecule has 0 radical (unpaired) electrons. The summed E-state index contributed by atoms with van der Waals surface area (Å²) in [6.45, 7) is 14.8. The van der Waals surface area contributed by atoms with E-state index in [9.17, 15) is 9.59 Å². The SMILES string of the molecule is CCC(CC)C(=O)NCCN(C(C)=O)c1ccc(N(CC)CC)cc1C. The number of benzene rings is 1. The number of hydrogen-bond acceptors (Lipinski definition) is 3. The van der Waals surface area contributed by atoms with Crippen molar-refractivity contribution in [1.29, 1.82) is 0 Å². The molecule has 1 N–H and O–H groups in total.